The van der Waals surface area contributed by atoms with E-state index >= 15 is 0 Å². The molecule has 1 aliphatic heterocycles. The van der Waals surface area contributed by atoms with Crippen molar-refractivity contribution in [3.8, 4) is 5.75 Å². The van der Waals surface area contributed by atoms with Gasteiger partial charge in [0.05, 0.1) is 21.6 Å². The van der Waals surface area contributed by atoms with E-state index in [2.05, 4.69) is 5.32 Å². The summed E-state index contributed by atoms with van der Waals surface area (Å²) in [6.45, 7) is 5.62. The molecule has 3 amide bonds. The van der Waals surface area contributed by atoms with Gasteiger partial charge in [-0.05, 0) is 41.8 Å². The molecule has 1 atom stereocenters. The smallest absolute Gasteiger partial charge is 0.320 e. The maximum absolute atomic E-state index is 14.8. The summed E-state index contributed by atoms with van der Waals surface area (Å²) in [6.07, 6.45) is 0.200. The SMILES string of the molecule is COc1ccc2c(c1)CCN(C(=O)N(C)CCC(=O)O)[C@H]2C(=O)Nc1cc(F)c([Si](C)(C)C)c(F)c1. The third-order valence-electron chi connectivity index (χ3n) is 6.12. The minimum absolute atomic E-state index is 0.0386. The van der Waals surface area contributed by atoms with Gasteiger partial charge in [-0.3, -0.25) is 9.59 Å². The second-order valence-corrected chi connectivity index (χ2v) is 14.8. The number of hydrogen-bond donors (Lipinski definition) is 2. The van der Waals surface area contributed by atoms with Crippen LogP contribution in [0.25, 0.3) is 0 Å². The first-order valence-corrected chi connectivity index (χ1v) is 15.0. The van der Waals surface area contributed by atoms with E-state index in [-0.39, 0.29) is 30.4 Å². The molecule has 36 heavy (non-hydrogen) atoms. The number of aliphatic carboxylic acids is 1. The molecule has 0 bridgehead atoms. The van der Waals surface area contributed by atoms with Crippen molar-refractivity contribution >= 4 is 36.9 Å². The number of benzene rings is 2. The molecule has 0 saturated heterocycles. The highest BCUT2D eigenvalue weighted by molar-refractivity contribution is 6.88. The van der Waals surface area contributed by atoms with E-state index in [1.807, 2.05) is 19.6 Å². The first-order chi connectivity index (χ1) is 16.8. The maximum Gasteiger partial charge on any atom is 0.320 e. The maximum atomic E-state index is 14.8. The third-order valence-corrected chi connectivity index (χ3v) is 8.10. The van der Waals surface area contributed by atoms with E-state index in [9.17, 15) is 23.2 Å². The highest BCUT2D eigenvalue weighted by atomic mass is 28.3. The summed E-state index contributed by atoms with van der Waals surface area (Å²) in [6, 6.07) is 5.71. The first-order valence-electron chi connectivity index (χ1n) is 11.5. The first kappa shape index (κ1) is 27.1. The summed E-state index contributed by atoms with van der Waals surface area (Å²) in [7, 11) is 0.682. The van der Waals surface area contributed by atoms with Crippen LogP contribution in [0.4, 0.5) is 19.3 Å². The number of urea groups is 1. The number of nitrogens with one attached hydrogen (secondary N) is 1. The third kappa shape index (κ3) is 5.84. The van der Waals surface area contributed by atoms with Gasteiger partial charge < -0.3 is 25.0 Å². The zero-order chi connectivity index (χ0) is 26.8. The lowest BCUT2D eigenvalue weighted by atomic mass is 9.91. The van der Waals surface area contributed by atoms with E-state index in [1.54, 1.807) is 18.2 Å². The van der Waals surface area contributed by atoms with Crippen LogP contribution < -0.4 is 15.2 Å². The fourth-order valence-electron chi connectivity index (χ4n) is 4.37. The monoisotopic (exact) mass is 519 g/mol. The van der Waals surface area contributed by atoms with Crippen LogP contribution in [-0.2, 0) is 16.0 Å². The van der Waals surface area contributed by atoms with Gasteiger partial charge in [-0.2, -0.15) is 0 Å². The van der Waals surface area contributed by atoms with Crippen LogP contribution in [0, 0.1) is 11.6 Å². The van der Waals surface area contributed by atoms with Crippen molar-refractivity contribution < 1.29 is 33.0 Å². The lowest BCUT2D eigenvalue weighted by Gasteiger charge is -2.38. The lowest BCUT2D eigenvalue weighted by Crippen LogP contribution is -2.50. The zero-order valence-electron chi connectivity index (χ0n) is 21.0. The molecule has 0 unspecified atom stereocenters. The number of rotatable bonds is 7. The Morgan fingerprint density at radius 3 is 2.36 bits per heavy atom. The topological polar surface area (TPSA) is 99.2 Å². The molecule has 0 saturated carbocycles. The van der Waals surface area contributed by atoms with Crippen molar-refractivity contribution in [3.05, 3.63) is 53.1 Å². The van der Waals surface area contributed by atoms with Crippen molar-refractivity contribution in [1.82, 2.24) is 9.80 Å². The van der Waals surface area contributed by atoms with Gasteiger partial charge in [-0.1, -0.05) is 25.7 Å². The van der Waals surface area contributed by atoms with Crippen molar-refractivity contribution in [2.24, 2.45) is 0 Å². The molecular formula is C25H31F2N3O5Si. The number of hydrogen-bond acceptors (Lipinski definition) is 4. The Morgan fingerprint density at radius 2 is 1.81 bits per heavy atom. The van der Waals surface area contributed by atoms with Crippen molar-refractivity contribution in [2.75, 3.05) is 32.6 Å². The molecule has 0 aromatic heterocycles. The van der Waals surface area contributed by atoms with Crippen LogP contribution in [0.15, 0.2) is 30.3 Å². The fourth-order valence-corrected chi connectivity index (χ4v) is 5.95. The van der Waals surface area contributed by atoms with Gasteiger partial charge in [0.1, 0.15) is 23.4 Å². The largest absolute Gasteiger partial charge is 0.497 e. The number of ether oxygens (including phenoxy) is 1. The summed E-state index contributed by atoms with van der Waals surface area (Å²) in [4.78, 5) is 40.3. The van der Waals surface area contributed by atoms with E-state index in [4.69, 9.17) is 9.84 Å². The molecule has 1 heterocycles. The van der Waals surface area contributed by atoms with E-state index in [1.165, 1.54) is 24.0 Å². The van der Waals surface area contributed by atoms with Crippen molar-refractivity contribution in [3.63, 3.8) is 0 Å². The zero-order valence-corrected chi connectivity index (χ0v) is 22.0. The summed E-state index contributed by atoms with van der Waals surface area (Å²) >= 11 is 0. The molecule has 1 aliphatic rings. The summed E-state index contributed by atoms with van der Waals surface area (Å²) in [5.41, 5.74) is 1.31. The average molecular weight is 520 g/mol. The Hall–Kier alpha value is -3.47. The normalized spacial score (nSPS) is 15.2. The summed E-state index contributed by atoms with van der Waals surface area (Å²) in [5, 5.41) is 11.6. The number of carbonyl (C=O) groups excluding carboxylic acids is 2. The average Bonchev–Trinajstić information content (AvgIpc) is 2.79. The molecular weight excluding hydrogens is 488 g/mol. The van der Waals surface area contributed by atoms with Gasteiger partial charge in [0.2, 0.25) is 0 Å². The molecule has 2 aromatic rings. The molecule has 0 radical (unpaired) electrons. The van der Waals surface area contributed by atoms with Crippen LogP contribution >= 0.6 is 0 Å². The highest BCUT2D eigenvalue weighted by Crippen LogP contribution is 2.34. The Balaban J connectivity index is 1.97. The summed E-state index contributed by atoms with van der Waals surface area (Å²) in [5.74, 6) is -2.54. The van der Waals surface area contributed by atoms with Crippen LogP contribution in [0.3, 0.4) is 0 Å². The molecule has 0 aliphatic carbocycles. The van der Waals surface area contributed by atoms with E-state index in [0.29, 0.717) is 17.7 Å². The predicted octanol–water partition coefficient (Wildman–Crippen LogP) is 3.58. The molecule has 0 fully saturated rings. The number of halogens is 2. The number of amides is 3. The predicted molar refractivity (Wildman–Crippen MR) is 134 cm³/mol. The fraction of sp³-hybridized carbons (Fsp3) is 0.400. The van der Waals surface area contributed by atoms with E-state index in [0.717, 1.165) is 17.7 Å². The van der Waals surface area contributed by atoms with Crippen LogP contribution in [-0.4, -0.2) is 68.1 Å². The number of methoxy groups -OCH3 is 1. The molecule has 0 spiro atoms. The summed E-state index contributed by atoms with van der Waals surface area (Å²) < 4.78 is 34.9. The molecule has 194 valence electrons. The highest BCUT2D eigenvalue weighted by Gasteiger charge is 2.38. The molecule has 2 N–H and O–H groups in total. The van der Waals surface area contributed by atoms with Gasteiger partial charge in [-0.25, -0.2) is 13.6 Å². The minimum atomic E-state index is -2.30. The van der Waals surface area contributed by atoms with Gasteiger partial charge >= 0.3 is 12.0 Å². The van der Waals surface area contributed by atoms with E-state index < -0.39 is 43.7 Å². The van der Waals surface area contributed by atoms with Gasteiger partial charge in [-0.15, -0.1) is 0 Å². The number of anilines is 1. The Morgan fingerprint density at radius 1 is 1.17 bits per heavy atom. The lowest BCUT2D eigenvalue weighted by molar-refractivity contribution is -0.137. The number of carboxylic acids is 1. The second kappa shape index (κ2) is 10.6. The van der Waals surface area contributed by atoms with Crippen LogP contribution in [0.2, 0.25) is 19.6 Å². The molecule has 3 rings (SSSR count). The number of carbonyl (C=O) groups is 3. The van der Waals surface area contributed by atoms with Gasteiger partial charge in [0.25, 0.3) is 5.91 Å². The Bertz CT molecular complexity index is 1160. The quantitative estimate of drug-likeness (QED) is 0.545. The van der Waals surface area contributed by atoms with Crippen LogP contribution in [0.1, 0.15) is 23.6 Å². The Labute approximate surface area is 209 Å². The molecule has 8 nitrogen and oxygen atoms in total. The van der Waals surface area contributed by atoms with Gasteiger partial charge in [0, 0.05) is 31.0 Å². The van der Waals surface area contributed by atoms with Crippen LogP contribution in [0.5, 0.6) is 5.75 Å². The molecule has 2 aromatic carbocycles. The second-order valence-electron chi connectivity index (χ2n) is 9.81. The standard InChI is InChI=1S/C25H31F2N3O5Si/c1-29(10-9-21(31)32)25(34)30-11-8-15-12-17(35-2)6-7-18(15)22(30)24(33)28-16-13-19(26)23(20(27)14-16)36(3,4)5/h6-7,12-14,22H,8-11H2,1-5H3,(H,28,33)(H,31,32)/t22-/m1/s1. The molecule has 11 heteroatoms. The minimum Gasteiger partial charge on any atom is -0.497 e. The van der Waals surface area contributed by atoms with Crippen molar-refractivity contribution in [1.29, 1.82) is 0 Å². The number of carboxylic acid groups (broad SMARTS) is 1. The number of fused-ring (bicyclic) bond motifs is 1. The number of nitrogens with zero attached hydrogens (tertiary/aromatic N) is 2. The van der Waals surface area contributed by atoms with Crippen molar-refractivity contribution in [2.45, 2.75) is 38.5 Å². The van der Waals surface area contributed by atoms with Gasteiger partial charge in [0.15, 0.2) is 0 Å². The Kier molecular flexibility index (Phi) is 8.02.